The fraction of sp³-hybridized carbons (Fsp3) is 0.280. The highest BCUT2D eigenvalue weighted by Gasteiger charge is 2.35. The minimum Gasteiger partial charge on any atom is -0.493 e. The topological polar surface area (TPSA) is 90.3 Å². The number of pyridine rings is 1. The van der Waals surface area contributed by atoms with Crippen molar-refractivity contribution < 1.29 is 23.8 Å². The second-order valence-corrected chi connectivity index (χ2v) is 8.13. The van der Waals surface area contributed by atoms with Gasteiger partial charge in [-0.3, -0.25) is 14.6 Å². The van der Waals surface area contributed by atoms with Gasteiger partial charge in [0.1, 0.15) is 0 Å². The number of carbonyl (C=O) groups is 2. The molecule has 1 saturated carbocycles. The van der Waals surface area contributed by atoms with E-state index in [9.17, 15) is 9.59 Å². The molecule has 1 atom stereocenters. The molecule has 8 heteroatoms. The fourth-order valence-corrected chi connectivity index (χ4v) is 3.93. The fourth-order valence-electron chi connectivity index (χ4n) is 3.93. The van der Waals surface area contributed by atoms with E-state index in [1.54, 1.807) is 18.2 Å². The maximum atomic E-state index is 12.4. The van der Waals surface area contributed by atoms with Crippen molar-refractivity contribution in [2.45, 2.75) is 38.8 Å². The van der Waals surface area contributed by atoms with E-state index in [2.05, 4.69) is 5.10 Å². The number of esters is 1. The van der Waals surface area contributed by atoms with E-state index in [0.29, 0.717) is 23.1 Å². The minimum atomic E-state index is -0.783. The van der Waals surface area contributed by atoms with Gasteiger partial charge in [0.15, 0.2) is 11.5 Å². The molecule has 0 saturated heterocycles. The summed E-state index contributed by atoms with van der Waals surface area (Å²) in [5.41, 5.74) is 3.32. The average Bonchev–Trinajstić information content (AvgIpc) is 3.56. The van der Waals surface area contributed by atoms with Crippen LogP contribution in [0.5, 0.6) is 11.5 Å². The number of fused-ring (bicyclic) bond motifs is 1. The highest BCUT2D eigenvalue weighted by atomic mass is 16.6. The van der Waals surface area contributed by atoms with Gasteiger partial charge in [0.2, 0.25) is 18.0 Å². The molecule has 0 radical (unpaired) electrons. The van der Waals surface area contributed by atoms with Crippen molar-refractivity contribution >= 4 is 28.7 Å². The zero-order chi connectivity index (χ0) is 23.1. The molecule has 1 amide bonds. The molecule has 1 aromatic heterocycles. The lowest BCUT2D eigenvalue weighted by molar-refractivity contribution is -0.135. The van der Waals surface area contributed by atoms with Gasteiger partial charge in [-0.1, -0.05) is 18.2 Å². The third kappa shape index (κ3) is 4.00. The summed E-state index contributed by atoms with van der Waals surface area (Å²) >= 11 is 0. The summed E-state index contributed by atoms with van der Waals surface area (Å²) in [6.07, 6.45) is 1.46. The Bertz CT molecular complexity index is 1300. The van der Waals surface area contributed by atoms with Crippen LogP contribution >= 0.6 is 0 Å². The van der Waals surface area contributed by atoms with Crippen molar-refractivity contribution in [2.75, 3.05) is 7.11 Å². The molecule has 2 heterocycles. The Morgan fingerprint density at radius 2 is 1.85 bits per heavy atom. The van der Waals surface area contributed by atoms with Crippen LogP contribution in [0.25, 0.3) is 10.9 Å². The Morgan fingerprint density at radius 1 is 1.06 bits per heavy atom. The van der Waals surface area contributed by atoms with Crippen LogP contribution < -0.4 is 9.47 Å². The number of hydrazone groups is 1. The van der Waals surface area contributed by atoms with E-state index in [1.807, 2.05) is 30.3 Å². The zero-order valence-corrected chi connectivity index (χ0v) is 18.6. The Kier molecular flexibility index (Phi) is 5.20. The van der Waals surface area contributed by atoms with Crippen molar-refractivity contribution in [1.29, 1.82) is 0 Å². The van der Waals surface area contributed by atoms with E-state index in [0.717, 1.165) is 35.0 Å². The van der Waals surface area contributed by atoms with Gasteiger partial charge in [-0.05, 0) is 43.2 Å². The number of nitrogens with zero attached hydrogens (tertiary/aromatic N) is 3. The van der Waals surface area contributed by atoms with E-state index >= 15 is 0 Å². The Morgan fingerprint density at radius 3 is 2.55 bits per heavy atom. The summed E-state index contributed by atoms with van der Waals surface area (Å²) < 4.78 is 16.8. The number of amides is 1. The normalized spacial score (nSPS) is 17.5. The van der Waals surface area contributed by atoms with Crippen molar-refractivity contribution in [2.24, 2.45) is 5.10 Å². The lowest BCUT2D eigenvalue weighted by atomic mass is 10.1. The molecule has 1 aliphatic carbocycles. The highest BCUT2D eigenvalue weighted by Crippen LogP contribution is 2.41. The van der Waals surface area contributed by atoms with Gasteiger partial charge in [-0.2, -0.15) is 5.01 Å². The van der Waals surface area contributed by atoms with E-state index < -0.39 is 12.2 Å². The molecule has 5 rings (SSSR count). The van der Waals surface area contributed by atoms with Gasteiger partial charge in [0, 0.05) is 42.0 Å². The molecule has 8 nitrogen and oxygen atoms in total. The smallest absolute Gasteiger partial charge is 0.308 e. The van der Waals surface area contributed by atoms with Crippen molar-refractivity contribution in [3.05, 3.63) is 65.4 Å². The minimum absolute atomic E-state index is 0.265. The number of hydrogen-bond acceptors (Lipinski definition) is 7. The first kappa shape index (κ1) is 20.9. The van der Waals surface area contributed by atoms with Crippen LogP contribution in [0.3, 0.4) is 0 Å². The standard InChI is InChI=1S/C25H23N3O5/c1-14(29)28-25(17-10-11-22(32-15(2)30)23(12-17)31-3)33-24(27-28)19-13-21(16-8-9-16)26-20-7-5-4-6-18(19)20/h4-7,10-13,16,25H,8-9H2,1-3H3/t25-/m0/s1. The number of benzene rings is 2. The van der Waals surface area contributed by atoms with Gasteiger partial charge in [-0.25, -0.2) is 0 Å². The molecule has 3 aromatic rings. The lowest BCUT2D eigenvalue weighted by Gasteiger charge is -2.20. The summed E-state index contributed by atoms with van der Waals surface area (Å²) in [7, 11) is 1.48. The molecule has 2 aromatic carbocycles. The van der Waals surface area contributed by atoms with Crippen molar-refractivity contribution in [3.63, 3.8) is 0 Å². The second-order valence-electron chi connectivity index (χ2n) is 8.13. The van der Waals surface area contributed by atoms with Gasteiger partial charge >= 0.3 is 5.97 Å². The Labute approximate surface area is 190 Å². The number of para-hydroxylation sites is 1. The van der Waals surface area contributed by atoms with Crippen LogP contribution in [0.15, 0.2) is 53.6 Å². The molecule has 168 valence electrons. The summed E-state index contributed by atoms with van der Waals surface area (Å²) in [5.74, 6) is 0.737. The monoisotopic (exact) mass is 445 g/mol. The molecule has 0 N–H and O–H groups in total. The Balaban J connectivity index is 1.55. The predicted molar refractivity (Wildman–Crippen MR) is 121 cm³/mol. The maximum Gasteiger partial charge on any atom is 0.308 e. The number of hydrogen-bond donors (Lipinski definition) is 0. The molecular weight excluding hydrogens is 422 g/mol. The highest BCUT2D eigenvalue weighted by molar-refractivity contribution is 6.07. The van der Waals surface area contributed by atoms with Gasteiger partial charge in [0.05, 0.1) is 12.6 Å². The number of ether oxygens (including phenoxy) is 3. The van der Waals surface area contributed by atoms with Crippen molar-refractivity contribution in [3.8, 4) is 11.5 Å². The molecular formula is C25H23N3O5. The quantitative estimate of drug-likeness (QED) is 0.430. The van der Waals surface area contributed by atoms with Crippen LogP contribution in [-0.4, -0.2) is 34.9 Å². The second kappa shape index (κ2) is 8.20. The third-order valence-corrected chi connectivity index (χ3v) is 5.66. The third-order valence-electron chi connectivity index (χ3n) is 5.66. The molecule has 0 unspecified atom stereocenters. The average molecular weight is 445 g/mol. The largest absolute Gasteiger partial charge is 0.493 e. The summed E-state index contributed by atoms with van der Waals surface area (Å²) in [4.78, 5) is 28.6. The zero-order valence-electron chi connectivity index (χ0n) is 18.6. The van der Waals surface area contributed by atoms with E-state index in [-0.39, 0.29) is 11.7 Å². The maximum absolute atomic E-state index is 12.4. The van der Waals surface area contributed by atoms with E-state index in [4.69, 9.17) is 19.2 Å². The van der Waals surface area contributed by atoms with E-state index in [1.165, 1.54) is 26.0 Å². The number of aromatic nitrogens is 1. The number of rotatable bonds is 5. The first-order chi connectivity index (χ1) is 15.9. The summed E-state index contributed by atoms with van der Waals surface area (Å²) in [6, 6.07) is 14.9. The molecule has 0 bridgehead atoms. The van der Waals surface area contributed by atoms with Crippen LogP contribution in [0.2, 0.25) is 0 Å². The van der Waals surface area contributed by atoms with Gasteiger partial charge in [0.25, 0.3) is 0 Å². The van der Waals surface area contributed by atoms with Crippen molar-refractivity contribution in [1.82, 2.24) is 9.99 Å². The van der Waals surface area contributed by atoms with Crippen LogP contribution in [0, 0.1) is 0 Å². The molecule has 2 aliphatic rings. The molecule has 33 heavy (non-hydrogen) atoms. The first-order valence-corrected chi connectivity index (χ1v) is 10.8. The number of carbonyl (C=O) groups excluding carboxylic acids is 2. The lowest BCUT2D eigenvalue weighted by Crippen LogP contribution is -2.25. The summed E-state index contributed by atoms with van der Waals surface area (Å²) in [6.45, 7) is 2.76. The summed E-state index contributed by atoms with van der Waals surface area (Å²) in [5, 5.41) is 6.75. The van der Waals surface area contributed by atoms with Crippen LogP contribution in [-0.2, 0) is 14.3 Å². The number of methoxy groups -OCH3 is 1. The molecule has 0 spiro atoms. The SMILES string of the molecule is COc1cc([C@@H]2OC(c3cc(C4CC4)nc4ccccc34)=NN2C(C)=O)ccc1OC(C)=O. The van der Waals surface area contributed by atoms with Crippen LogP contribution in [0.4, 0.5) is 0 Å². The van der Waals surface area contributed by atoms with Crippen LogP contribution in [0.1, 0.15) is 55.7 Å². The Hall–Kier alpha value is -3.94. The van der Waals surface area contributed by atoms with Gasteiger partial charge in [-0.15, -0.1) is 5.10 Å². The molecule has 1 aliphatic heterocycles. The molecule has 1 fully saturated rings. The van der Waals surface area contributed by atoms with Gasteiger partial charge < -0.3 is 14.2 Å². The predicted octanol–water partition coefficient (Wildman–Crippen LogP) is 4.29. The first-order valence-electron chi connectivity index (χ1n) is 10.8.